The van der Waals surface area contributed by atoms with Gasteiger partial charge in [0.15, 0.2) is 0 Å². The second-order valence-corrected chi connectivity index (χ2v) is 38.6. The minimum atomic E-state index is -1.84. The highest BCUT2D eigenvalue weighted by atomic mass is 16.6. The molecule has 6 N–H and O–H groups in total. The number of nitrogens with one attached hydrogen (secondary N) is 4. The highest BCUT2D eigenvalue weighted by Gasteiger charge is 2.43. The maximum atomic E-state index is 15.5. The summed E-state index contributed by atoms with van der Waals surface area (Å²) in [5, 5.41) is 12.4. The molecule has 0 unspecified atom stereocenters. The average molecular weight is 1570 g/mol. The molecule has 1 aromatic carbocycles. The third-order valence-electron chi connectivity index (χ3n) is 16.7. The van der Waals surface area contributed by atoms with Crippen molar-refractivity contribution in [3.63, 3.8) is 0 Å². The lowest BCUT2D eigenvalue weighted by Crippen LogP contribution is -2.54. The van der Waals surface area contributed by atoms with Crippen molar-refractivity contribution in [2.75, 3.05) is 5.73 Å². The smallest absolute Gasteiger partial charge is 0.306 e. The van der Waals surface area contributed by atoms with Crippen LogP contribution in [0.15, 0.2) is 18.2 Å². The van der Waals surface area contributed by atoms with Crippen LogP contribution in [0.4, 0.5) is 5.69 Å². The molecule has 27 nitrogen and oxygen atoms in total. The topological polar surface area (TPSA) is 379 Å². The summed E-state index contributed by atoms with van der Waals surface area (Å²) >= 11 is 0. The van der Waals surface area contributed by atoms with Gasteiger partial charge in [0.2, 0.25) is 17.7 Å². The highest BCUT2D eigenvalue weighted by molar-refractivity contribution is 5.96. The highest BCUT2D eigenvalue weighted by Crippen LogP contribution is 2.36. The Morgan fingerprint density at radius 2 is 0.405 bits per heavy atom. The number of nitrogen functional groups attached to an aromatic ring is 1. The molecule has 0 saturated heterocycles. The zero-order valence-corrected chi connectivity index (χ0v) is 72.8. The van der Waals surface area contributed by atoms with Crippen molar-refractivity contribution in [3.05, 3.63) is 29.3 Å². The molecule has 0 aliphatic rings. The van der Waals surface area contributed by atoms with Gasteiger partial charge in [0.25, 0.3) is 5.91 Å². The van der Waals surface area contributed by atoms with Gasteiger partial charge >= 0.3 is 53.7 Å². The van der Waals surface area contributed by atoms with Crippen LogP contribution in [-0.2, 0) is 100 Å². The lowest BCUT2D eigenvalue weighted by molar-refractivity contribution is -0.158. The van der Waals surface area contributed by atoms with E-state index in [-0.39, 0.29) is 127 Å². The fourth-order valence-electron chi connectivity index (χ4n) is 12.1. The molecular formula is C84H141N5O22. The second-order valence-electron chi connectivity index (χ2n) is 38.6. The van der Waals surface area contributed by atoms with E-state index in [0.717, 1.165) is 0 Å². The van der Waals surface area contributed by atoms with Crippen LogP contribution in [0.5, 0.6) is 0 Å². The van der Waals surface area contributed by atoms with E-state index in [1.54, 1.807) is 200 Å². The summed E-state index contributed by atoms with van der Waals surface area (Å²) in [6.45, 7) is 47.2. The minimum absolute atomic E-state index is 0.0298. The molecule has 0 fully saturated rings. The van der Waals surface area contributed by atoms with Crippen LogP contribution in [0, 0.1) is 6.92 Å². The predicted octanol–water partition coefficient (Wildman–Crippen LogP) is 14.0. The molecule has 0 heterocycles. The Bertz CT molecular complexity index is 2800. The number of rotatable bonds is 41. The first kappa shape index (κ1) is 101. The second kappa shape index (κ2) is 41.8. The van der Waals surface area contributed by atoms with Crippen molar-refractivity contribution >= 4 is 83.0 Å². The van der Waals surface area contributed by atoms with E-state index in [9.17, 15) is 43.2 Å². The van der Waals surface area contributed by atoms with Gasteiger partial charge in [-0.25, -0.2) is 0 Å². The Morgan fingerprint density at radius 1 is 0.252 bits per heavy atom. The zero-order valence-electron chi connectivity index (χ0n) is 72.8. The van der Waals surface area contributed by atoms with Crippen molar-refractivity contribution in [3.8, 4) is 0 Å². The number of amides is 4. The lowest BCUT2D eigenvalue weighted by atomic mass is 9.80. The van der Waals surface area contributed by atoms with E-state index in [0.29, 0.717) is 5.56 Å². The molecule has 0 bridgehead atoms. The van der Waals surface area contributed by atoms with Gasteiger partial charge in [-0.15, -0.1) is 0 Å². The van der Waals surface area contributed by atoms with Gasteiger partial charge in [-0.05, 0) is 289 Å². The van der Waals surface area contributed by atoms with Crippen LogP contribution in [0.3, 0.4) is 0 Å². The first-order valence-electron chi connectivity index (χ1n) is 39.1. The quantitative estimate of drug-likeness (QED) is 0.0231. The Kier molecular flexibility index (Phi) is 38.1. The molecule has 0 saturated carbocycles. The molecule has 1 rings (SSSR count). The Hall–Kier alpha value is -7.87. The summed E-state index contributed by atoms with van der Waals surface area (Å²) in [7, 11) is 0. The normalized spacial score (nSPS) is 13.0. The summed E-state index contributed by atoms with van der Waals surface area (Å²) in [6.07, 6.45) is -7.18. The van der Waals surface area contributed by atoms with Crippen LogP contribution < -0.4 is 27.0 Å². The third kappa shape index (κ3) is 48.0. The molecule has 27 heteroatoms. The van der Waals surface area contributed by atoms with E-state index in [1.165, 1.54) is 12.1 Å². The molecule has 1 aromatic rings. The Balaban J connectivity index is 4.84. The number of aryl methyl sites for hydroxylation is 1. The molecule has 4 amide bonds. The molecule has 0 aromatic heterocycles. The van der Waals surface area contributed by atoms with Crippen LogP contribution in [0.2, 0.25) is 0 Å². The number of carbonyl (C=O) groups excluding carboxylic acids is 13. The number of carbonyl (C=O) groups is 13. The third-order valence-corrected chi connectivity index (χ3v) is 16.7. The first-order chi connectivity index (χ1) is 50.0. The van der Waals surface area contributed by atoms with E-state index >= 15 is 19.2 Å². The van der Waals surface area contributed by atoms with Crippen LogP contribution in [0.1, 0.15) is 357 Å². The van der Waals surface area contributed by atoms with Gasteiger partial charge in [-0.2, -0.15) is 0 Å². The number of anilines is 1. The standard InChI is InChI=1S/C84H141N5O22/c1-56-29-30-57(55-58(56)85)71(102)89-84(43-31-59(90)86-81(46-34-62(93)103-72(2,3)4,47-35-63(94)104-73(5,6)7)48-36-64(95)105-74(8,9)10,44-32-60(91)87-82(49-37-65(96)106-75(11,12)13,50-38-66(97)107-76(14,15)16)51-39-67(98)108-77(17,18)19)45-33-61(92)88-83(52-40-68(99)109-78(20,21)22,53-41-69(100)110-79(23,24)25)54-42-70(101)111-80(26,27)28/h29-30,55H,31-54,85H2,1-28H3,(H,86,90)(H,87,91)(H,88,92)(H,89,102). The van der Waals surface area contributed by atoms with Gasteiger partial charge < -0.3 is 69.6 Å². The van der Waals surface area contributed by atoms with Crippen molar-refractivity contribution in [2.24, 2.45) is 0 Å². The SMILES string of the molecule is Cc1ccc(C(=O)NC(CCC(=O)NC(CCC(=O)OC(C)(C)C)(CCC(=O)OC(C)(C)C)CCC(=O)OC(C)(C)C)(CCC(=O)NC(CCC(=O)OC(C)(C)C)(CCC(=O)OC(C)(C)C)CCC(=O)OC(C)(C)C)CCC(=O)NC(CCC(=O)OC(C)(C)C)(CCC(=O)OC(C)(C)C)CCC(=O)OC(C)(C)C)cc1N. The molecule has 0 radical (unpaired) electrons. The maximum Gasteiger partial charge on any atom is 0.306 e. The fraction of sp³-hybridized carbons (Fsp3) is 0.774. The van der Waals surface area contributed by atoms with E-state index in [2.05, 4.69) is 21.3 Å². The van der Waals surface area contributed by atoms with Crippen molar-refractivity contribution in [1.82, 2.24) is 21.3 Å². The fourth-order valence-corrected chi connectivity index (χ4v) is 12.1. The minimum Gasteiger partial charge on any atom is -0.460 e. The van der Waals surface area contributed by atoms with Gasteiger partial charge in [0.05, 0.1) is 0 Å². The summed E-state index contributed by atoms with van der Waals surface area (Å²) in [6, 6.07) is 4.55. The molecular weight excluding hydrogens is 1430 g/mol. The van der Waals surface area contributed by atoms with Crippen LogP contribution in [0.25, 0.3) is 0 Å². The number of hydrogen-bond donors (Lipinski definition) is 5. The predicted molar refractivity (Wildman–Crippen MR) is 422 cm³/mol. The lowest BCUT2D eigenvalue weighted by Gasteiger charge is -2.39. The Morgan fingerprint density at radius 3 is 0.559 bits per heavy atom. The monoisotopic (exact) mass is 1570 g/mol. The number of nitrogens with two attached hydrogens (primary N) is 1. The molecule has 0 aliphatic heterocycles. The molecule has 0 spiro atoms. The van der Waals surface area contributed by atoms with Crippen molar-refractivity contribution in [2.45, 2.75) is 421 Å². The average Bonchev–Trinajstić information content (AvgIpc) is 0.813. The molecule has 634 valence electrons. The number of esters is 9. The largest absolute Gasteiger partial charge is 0.460 e. The first-order valence-corrected chi connectivity index (χ1v) is 39.1. The maximum absolute atomic E-state index is 15.5. The van der Waals surface area contributed by atoms with E-state index in [4.69, 9.17) is 48.4 Å². The summed E-state index contributed by atoms with van der Waals surface area (Å²) in [5.74, 6) is -8.89. The van der Waals surface area contributed by atoms with Gasteiger partial charge in [-0.1, -0.05) is 6.07 Å². The van der Waals surface area contributed by atoms with Crippen molar-refractivity contribution in [1.29, 1.82) is 0 Å². The summed E-state index contributed by atoms with van der Waals surface area (Å²) in [5.41, 5.74) is -7.64. The summed E-state index contributed by atoms with van der Waals surface area (Å²) in [4.78, 5) is 185. The summed E-state index contributed by atoms with van der Waals surface area (Å²) < 4.78 is 51.6. The van der Waals surface area contributed by atoms with Crippen molar-refractivity contribution < 1.29 is 105 Å². The zero-order chi connectivity index (χ0) is 86.0. The van der Waals surface area contributed by atoms with Gasteiger partial charge in [0, 0.05) is 110 Å². The Labute approximate surface area is 662 Å². The number of benzene rings is 1. The number of ether oxygens (including phenoxy) is 9. The molecule has 111 heavy (non-hydrogen) atoms. The van der Waals surface area contributed by atoms with Gasteiger partial charge in [0.1, 0.15) is 50.4 Å². The van der Waals surface area contributed by atoms with E-state index in [1.807, 2.05) is 0 Å². The molecule has 0 atom stereocenters. The molecule has 0 aliphatic carbocycles. The number of hydrogen-bond acceptors (Lipinski definition) is 23. The van der Waals surface area contributed by atoms with E-state index < -0.39 is 188 Å². The van der Waals surface area contributed by atoms with Crippen LogP contribution in [-0.4, -0.2) is 150 Å². The van der Waals surface area contributed by atoms with Crippen LogP contribution >= 0.6 is 0 Å². The van der Waals surface area contributed by atoms with Gasteiger partial charge in [-0.3, -0.25) is 62.3 Å².